The van der Waals surface area contributed by atoms with Gasteiger partial charge in [0.1, 0.15) is 0 Å². The number of halogens is 5. The van der Waals surface area contributed by atoms with Crippen molar-refractivity contribution in [2.45, 2.75) is 117 Å². The monoisotopic (exact) mass is 1240 g/mol. The number of phenols is 3. The Kier molecular flexibility index (Phi) is 20.0. The lowest BCUT2D eigenvalue weighted by Gasteiger charge is -2.32. The van der Waals surface area contributed by atoms with Crippen LogP contribution in [0, 0.1) is 17.5 Å². The van der Waals surface area contributed by atoms with Gasteiger partial charge in [0, 0.05) is 37.1 Å². The molecular formula is C57H60B3Br2F3N2O14. The summed E-state index contributed by atoms with van der Waals surface area (Å²) >= 11 is 6.13. The molecule has 0 unspecified atom stereocenters. The second-order valence-electron chi connectivity index (χ2n) is 21.6. The summed E-state index contributed by atoms with van der Waals surface area (Å²) in [5.41, 5.74) is -0.329. The molecule has 5 aromatic carbocycles. The van der Waals surface area contributed by atoms with Crippen molar-refractivity contribution < 1.29 is 79.6 Å². The van der Waals surface area contributed by atoms with Crippen molar-refractivity contribution in [1.82, 2.24) is 9.97 Å². The molecule has 0 radical (unpaired) electrons. The first-order valence-electron chi connectivity index (χ1n) is 25.1. The van der Waals surface area contributed by atoms with Crippen LogP contribution in [0.25, 0.3) is 34.1 Å². The number of aromatic nitrogens is 2. The molecule has 7 aromatic rings. The van der Waals surface area contributed by atoms with Gasteiger partial charge in [0.05, 0.1) is 62.7 Å². The molecule has 0 atom stereocenters. The van der Waals surface area contributed by atoms with E-state index >= 15 is 0 Å². The molecule has 3 fully saturated rings. The lowest BCUT2D eigenvalue weighted by Crippen LogP contribution is -2.41. The summed E-state index contributed by atoms with van der Waals surface area (Å²) in [4.78, 5) is 40.3. The van der Waals surface area contributed by atoms with Crippen LogP contribution in [0.5, 0.6) is 17.2 Å². The second-order valence-corrected chi connectivity index (χ2v) is 23.2. The number of aromatic hydroxyl groups is 3. The van der Waals surface area contributed by atoms with Gasteiger partial charge in [-0.05, 0) is 125 Å². The highest BCUT2D eigenvalue weighted by molar-refractivity contribution is 9.10. The minimum atomic E-state index is -0.894. The largest absolute Gasteiger partial charge is 0.504 e. The molecule has 426 valence electrons. The lowest BCUT2D eigenvalue weighted by molar-refractivity contribution is 0.00578. The fraction of sp³-hybridized carbons (Fsp3) is 0.316. The molecule has 0 bridgehead atoms. The number of phenolic OH excluding ortho intramolecular Hbond substituents is 3. The van der Waals surface area contributed by atoms with E-state index in [9.17, 15) is 37.8 Å². The maximum Gasteiger partial charge on any atom is 0.494 e. The Hall–Kier alpha value is -6.37. The van der Waals surface area contributed by atoms with Crippen molar-refractivity contribution in [3.8, 4) is 51.4 Å². The van der Waals surface area contributed by atoms with Gasteiger partial charge in [-0.3, -0.25) is 14.4 Å². The number of oxazole rings is 2. The number of hydrogen-bond acceptors (Lipinski definition) is 16. The van der Waals surface area contributed by atoms with E-state index in [4.69, 9.17) is 41.9 Å². The normalized spacial score (nSPS) is 17.5. The van der Waals surface area contributed by atoms with Gasteiger partial charge >= 0.3 is 21.1 Å². The van der Waals surface area contributed by atoms with E-state index in [2.05, 4.69) is 41.8 Å². The summed E-state index contributed by atoms with van der Waals surface area (Å²) < 4.78 is 86.3. The molecule has 10 rings (SSSR count). The van der Waals surface area contributed by atoms with Crippen LogP contribution in [-0.4, -0.2) is 98.9 Å². The van der Waals surface area contributed by atoms with Gasteiger partial charge in [-0.15, -0.1) is 0 Å². The molecule has 0 saturated carbocycles. The van der Waals surface area contributed by atoms with Crippen molar-refractivity contribution >= 4 is 77.3 Å². The fourth-order valence-corrected chi connectivity index (χ4v) is 8.21. The maximum atomic E-state index is 13.6. The number of carbonyl (C=O) groups excluding carboxylic acids is 3. The first-order valence-corrected chi connectivity index (χ1v) is 26.7. The number of carbonyl (C=O) groups is 3. The van der Waals surface area contributed by atoms with Crippen LogP contribution in [0.1, 0.15) is 114 Å². The van der Waals surface area contributed by atoms with Gasteiger partial charge in [0.2, 0.25) is 5.89 Å². The van der Waals surface area contributed by atoms with E-state index in [1.807, 2.05) is 144 Å². The molecule has 16 nitrogen and oxygen atoms in total. The number of rotatable bonds is 8. The molecule has 2 aromatic heterocycles. The lowest BCUT2D eigenvalue weighted by atomic mass is 9.49. The number of hydrogen-bond donors (Lipinski definition) is 3. The molecule has 3 aliphatic heterocycles. The van der Waals surface area contributed by atoms with Crippen LogP contribution in [0.3, 0.4) is 0 Å². The van der Waals surface area contributed by atoms with Crippen molar-refractivity contribution in [3.05, 3.63) is 153 Å². The summed E-state index contributed by atoms with van der Waals surface area (Å²) in [6.45, 7) is 23.7. The quantitative estimate of drug-likeness (QED) is 0.0951. The van der Waals surface area contributed by atoms with Gasteiger partial charge in [0.15, 0.2) is 65.1 Å². The van der Waals surface area contributed by atoms with Gasteiger partial charge in [0.25, 0.3) is 4.80 Å². The van der Waals surface area contributed by atoms with Crippen molar-refractivity contribution in [1.29, 1.82) is 0 Å². The van der Waals surface area contributed by atoms with E-state index in [-0.39, 0.29) is 50.5 Å². The molecular weight excluding hydrogens is 1190 g/mol. The molecule has 3 aliphatic rings. The molecule has 81 heavy (non-hydrogen) atoms. The van der Waals surface area contributed by atoms with E-state index in [1.165, 1.54) is 24.4 Å². The topological polar surface area (TPSA) is 219 Å². The fourth-order valence-electron chi connectivity index (χ4n) is 7.49. The Morgan fingerprint density at radius 3 is 1.25 bits per heavy atom. The molecule has 5 heterocycles. The minimum absolute atomic E-state index is 0.0584. The van der Waals surface area contributed by atoms with E-state index in [0.717, 1.165) is 35.1 Å². The third kappa shape index (κ3) is 15.0. The molecule has 0 amide bonds. The second kappa shape index (κ2) is 25.4. The summed E-state index contributed by atoms with van der Waals surface area (Å²) in [5, 5.41) is 27.7. The minimum Gasteiger partial charge on any atom is -0.504 e. The van der Waals surface area contributed by atoms with Crippen LogP contribution < -0.4 is 5.46 Å². The highest BCUT2D eigenvalue weighted by Gasteiger charge is 2.63. The van der Waals surface area contributed by atoms with Crippen molar-refractivity contribution in [2.75, 3.05) is 0 Å². The smallest absolute Gasteiger partial charge is 0.494 e. The van der Waals surface area contributed by atoms with Crippen LogP contribution in [0.2, 0.25) is 0 Å². The molecule has 0 spiro atoms. The van der Waals surface area contributed by atoms with Crippen LogP contribution in [-0.2, 0) is 27.9 Å². The third-order valence-corrected chi connectivity index (χ3v) is 15.1. The standard InChI is InChI=1S/C16H10FNO3.C13H16BFO4.C12H24B2O4.C9H6BrNO.C7H4BrFO2/c17-13-7-11(6-12(9-19)15(13)20)16-18-8-14(21-16)10-4-2-1-3-5-10;1-12(2)13(3,4)19-14(18-12)9-5-8(7-16)11(17)10(15)6-9;1-9(2)10(3,4)16-13(15-9)14-17-11(5,6)12(7,8)18-14;10-9-11-6-8(12-9)7-4-2-1-3-5-7;8-5-1-4(3-10)7(11)6(9)2-5/h1-9,20H;5-7,17H,1-4H3;1-8H3;1-6H;1-3,11H. The zero-order valence-electron chi connectivity index (χ0n) is 46.5. The van der Waals surface area contributed by atoms with Crippen LogP contribution >= 0.6 is 31.9 Å². The molecule has 24 heteroatoms. The van der Waals surface area contributed by atoms with E-state index in [0.29, 0.717) is 39.4 Å². The summed E-state index contributed by atoms with van der Waals surface area (Å²) in [5.74, 6) is -3.02. The Balaban J connectivity index is 0.000000166. The first kappa shape index (κ1) is 63.8. The Labute approximate surface area is 485 Å². The van der Waals surface area contributed by atoms with Gasteiger partial charge < -0.3 is 52.1 Å². The van der Waals surface area contributed by atoms with Crippen LogP contribution in [0.4, 0.5) is 13.2 Å². The number of benzene rings is 5. The molecule has 3 N–H and O–H groups in total. The zero-order valence-corrected chi connectivity index (χ0v) is 49.6. The molecule has 3 saturated heterocycles. The summed E-state index contributed by atoms with van der Waals surface area (Å²) in [7, 11) is -1.72. The predicted octanol–water partition coefficient (Wildman–Crippen LogP) is 12.8. The predicted molar refractivity (Wildman–Crippen MR) is 307 cm³/mol. The first-order chi connectivity index (χ1) is 37.8. The van der Waals surface area contributed by atoms with Gasteiger partial charge in [-0.25, -0.2) is 23.1 Å². The SMILES string of the molecule is Brc1ncc(-c2ccccc2)o1.CC1(C)OB(B2OC(C)(C)C(C)(C)O2)OC1(C)C.CC1(C)OB(c2cc(F)c(O)c(C=O)c2)OC1(C)C.O=Cc1cc(-c2ncc(-c3ccccc3)o2)cc(F)c1O.O=Cc1cc(Br)cc(F)c1O. The third-order valence-electron chi connectivity index (χ3n) is 14.3. The highest BCUT2D eigenvalue weighted by atomic mass is 79.9. The molecule has 0 aliphatic carbocycles. The summed E-state index contributed by atoms with van der Waals surface area (Å²) in [6, 6.07) is 26.5. The number of aldehydes is 3. The zero-order chi connectivity index (χ0) is 60.0. The average molecular weight is 1250 g/mol. The van der Waals surface area contributed by atoms with Crippen LogP contribution in [0.15, 0.2) is 128 Å². The highest BCUT2D eigenvalue weighted by Crippen LogP contribution is 2.43. The Bertz CT molecular complexity index is 3260. The van der Waals surface area contributed by atoms with Gasteiger partial charge in [-0.1, -0.05) is 76.6 Å². The summed E-state index contributed by atoms with van der Waals surface area (Å²) in [6.07, 6.45) is 4.38. The van der Waals surface area contributed by atoms with Gasteiger partial charge in [-0.2, -0.15) is 0 Å². The van der Waals surface area contributed by atoms with E-state index in [1.54, 1.807) is 6.20 Å². The van der Waals surface area contributed by atoms with Crippen molar-refractivity contribution in [2.24, 2.45) is 0 Å². The number of nitrogens with zero attached hydrogens (tertiary/aromatic N) is 2. The van der Waals surface area contributed by atoms with E-state index < -0.39 is 67.0 Å². The Morgan fingerprint density at radius 2 is 0.827 bits per heavy atom. The average Bonchev–Trinajstić information content (AvgIpc) is 4.43. The Morgan fingerprint density at radius 1 is 0.457 bits per heavy atom. The van der Waals surface area contributed by atoms with Crippen molar-refractivity contribution in [3.63, 3.8) is 0 Å². The maximum absolute atomic E-state index is 13.6.